The zero-order valence-corrected chi connectivity index (χ0v) is 19.3. The first-order valence-corrected chi connectivity index (χ1v) is 11.0. The summed E-state index contributed by atoms with van der Waals surface area (Å²) in [5.41, 5.74) is 2.09. The molecule has 0 saturated carbocycles. The number of benzene rings is 1. The maximum atomic E-state index is 11.7. The summed E-state index contributed by atoms with van der Waals surface area (Å²) in [5, 5.41) is 9.62. The molecule has 1 heterocycles. The van der Waals surface area contributed by atoms with Crippen molar-refractivity contribution in [1.29, 1.82) is 0 Å². The minimum absolute atomic E-state index is 0.0616. The molecule has 32 heavy (non-hydrogen) atoms. The molecule has 1 N–H and O–H groups in total. The lowest BCUT2D eigenvalue weighted by molar-refractivity contribution is -0.135. The van der Waals surface area contributed by atoms with E-state index in [9.17, 15) is 9.90 Å². The van der Waals surface area contributed by atoms with E-state index in [0.717, 1.165) is 28.5 Å². The fraction of sp³-hybridized carbons (Fsp3) is 0.423. The average molecular weight is 440 g/mol. The highest BCUT2D eigenvalue weighted by Crippen LogP contribution is 2.35. The zero-order chi connectivity index (χ0) is 23.1. The molecule has 0 aromatic heterocycles. The lowest BCUT2D eigenvalue weighted by Crippen LogP contribution is -2.35. The molecule has 6 heteroatoms. The van der Waals surface area contributed by atoms with Crippen LogP contribution in [0.3, 0.4) is 0 Å². The van der Waals surface area contributed by atoms with Crippen LogP contribution in [0.5, 0.6) is 0 Å². The van der Waals surface area contributed by atoms with Gasteiger partial charge in [-0.2, -0.15) is 0 Å². The van der Waals surface area contributed by atoms with Crippen LogP contribution >= 0.6 is 0 Å². The Kier molecular flexibility index (Phi) is 8.03. The number of anilines is 1. The first-order valence-electron chi connectivity index (χ1n) is 11.0. The highest BCUT2D eigenvalue weighted by atomic mass is 16.7. The fourth-order valence-corrected chi connectivity index (χ4v) is 4.10. The molecule has 0 amide bonds. The number of methoxy groups -OCH3 is 1. The average Bonchev–Trinajstić information content (AvgIpc) is 3.26. The smallest absolute Gasteiger partial charge is 0.323 e. The Morgan fingerprint density at radius 1 is 1.31 bits per heavy atom. The Hall–Kier alpha value is -3.15. The Labute approximate surface area is 190 Å². The molecule has 0 saturated heterocycles. The predicted octanol–water partition coefficient (Wildman–Crippen LogP) is 5.22. The van der Waals surface area contributed by atoms with Gasteiger partial charge in [0.15, 0.2) is 5.76 Å². The lowest BCUT2D eigenvalue weighted by Gasteiger charge is -2.31. The van der Waals surface area contributed by atoms with Crippen molar-refractivity contribution in [3.8, 4) is 0 Å². The molecular weight excluding hydrogens is 406 g/mol. The van der Waals surface area contributed by atoms with Crippen molar-refractivity contribution in [1.82, 2.24) is 0 Å². The summed E-state index contributed by atoms with van der Waals surface area (Å²) in [6.07, 6.45) is 10.8. The third-order valence-electron chi connectivity index (χ3n) is 6.11. The molecule has 0 radical (unpaired) electrons. The van der Waals surface area contributed by atoms with E-state index in [1.807, 2.05) is 48.3 Å². The monoisotopic (exact) mass is 439 g/mol. The number of carboxylic acids is 1. The molecule has 1 aromatic rings. The minimum Gasteiger partial charge on any atom is -0.497 e. The van der Waals surface area contributed by atoms with Gasteiger partial charge in [-0.05, 0) is 48.6 Å². The van der Waals surface area contributed by atoms with Gasteiger partial charge in [-0.25, -0.2) is 0 Å². The molecule has 0 spiro atoms. The summed E-state index contributed by atoms with van der Waals surface area (Å²) >= 11 is 0. The van der Waals surface area contributed by atoms with Gasteiger partial charge in [-0.15, -0.1) is 0 Å². The lowest BCUT2D eigenvalue weighted by atomic mass is 9.87. The normalized spacial score (nSPS) is 19.9. The van der Waals surface area contributed by atoms with Crippen LogP contribution in [0.1, 0.15) is 38.7 Å². The summed E-state index contributed by atoms with van der Waals surface area (Å²) < 4.78 is 16.3. The van der Waals surface area contributed by atoms with Crippen LogP contribution in [0, 0.1) is 11.8 Å². The van der Waals surface area contributed by atoms with Gasteiger partial charge in [-0.3, -0.25) is 4.79 Å². The van der Waals surface area contributed by atoms with Gasteiger partial charge in [0.1, 0.15) is 18.1 Å². The van der Waals surface area contributed by atoms with Crippen LogP contribution < -0.4 is 4.90 Å². The highest BCUT2D eigenvalue weighted by molar-refractivity contribution is 5.74. The Morgan fingerprint density at radius 3 is 2.81 bits per heavy atom. The third kappa shape index (κ3) is 5.75. The van der Waals surface area contributed by atoms with Crippen molar-refractivity contribution in [3.63, 3.8) is 0 Å². The van der Waals surface area contributed by atoms with E-state index in [1.165, 1.54) is 0 Å². The standard InChI is InChI=1S/C26H33NO5/c1-5-21(30-4)12-10-18(2)19(3)22-8-6-7-9-23(22)27(16-26(28)29)15-20-11-13-24-25(14-20)32-17-31-24/h5-13,18-20H,14-17H2,1-4H3,(H,28,29)/b12-10-,21-5+. The van der Waals surface area contributed by atoms with Gasteiger partial charge in [0.25, 0.3) is 0 Å². The largest absolute Gasteiger partial charge is 0.497 e. The molecule has 1 aromatic carbocycles. The molecule has 0 bridgehead atoms. The summed E-state index contributed by atoms with van der Waals surface area (Å²) in [6, 6.07) is 8.09. The molecule has 3 atom stereocenters. The summed E-state index contributed by atoms with van der Waals surface area (Å²) in [6.45, 7) is 7.06. The Balaban J connectivity index is 1.82. The van der Waals surface area contributed by atoms with Crippen LogP contribution in [0.25, 0.3) is 0 Å². The van der Waals surface area contributed by atoms with E-state index in [4.69, 9.17) is 14.2 Å². The maximum Gasteiger partial charge on any atom is 0.323 e. The summed E-state index contributed by atoms with van der Waals surface area (Å²) in [7, 11) is 1.66. The van der Waals surface area contributed by atoms with Crippen molar-refractivity contribution in [2.75, 3.05) is 31.9 Å². The van der Waals surface area contributed by atoms with Crippen LogP contribution in [-0.2, 0) is 19.0 Å². The topological polar surface area (TPSA) is 68.2 Å². The molecule has 3 rings (SSSR count). The fourth-order valence-electron chi connectivity index (χ4n) is 4.10. The molecule has 2 aliphatic rings. The molecule has 6 nitrogen and oxygen atoms in total. The van der Waals surface area contributed by atoms with Crippen molar-refractivity contribution in [2.45, 2.75) is 33.1 Å². The van der Waals surface area contributed by atoms with Crippen LogP contribution in [-0.4, -0.2) is 38.1 Å². The number of carboxylic acid groups (broad SMARTS) is 1. The number of aliphatic carboxylic acids is 1. The second-order valence-corrected chi connectivity index (χ2v) is 8.25. The zero-order valence-electron chi connectivity index (χ0n) is 19.3. The first kappa shape index (κ1) is 23.5. The quantitative estimate of drug-likeness (QED) is 0.398. The predicted molar refractivity (Wildman–Crippen MR) is 125 cm³/mol. The van der Waals surface area contributed by atoms with E-state index < -0.39 is 5.97 Å². The third-order valence-corrected chi connectivity index (χ3v) is 6.11. The van der Waals surface area contributed by atoms with E-state index >= 15 is 0 Å². The second kappa shape index (κ2) is 10.9. The van der Waals surface area contributed by atoms with Crippen molar-refractivity contribution < 1.29 is 24.1 Å². The number of ether oxygens (including phenoxy) is 3. The van der Waals surface area contributed by atoms with E-state index in [1.54, 1.807) is 7.11 Å². The molecule has 1 aliphatic heterocycles. The van der Waals surface area contributed by atoms with Crippen molar-refractivity contribution in [3.05, 3.63) is 77.5 Å². The van der Waals surface area contributed by atoms with Crippen LogP contribution in [0.15, 0.2) is 71.9 Å². The Morgan fingerprint density at radius 2 is 2.09 bits per heavy atom. The van der Waals surface area contributed by atoms with Crippen molar-refractivity contribution in [2.24, 2.45) is 11.8 Å². The molecule has 1 aliphatic carbocycles. The van der Waals surface area contributed by atoms with Crippen LogP contribution in [0.4, 0.5) is 5.69 Å². The van der Waals surface area contributed by atoms with Gasteiger partial charge >= 0.3 is 5.97 Å². The summed E-state index contributed by atoms with van der Waals surface area (Å²) in [4.78, 5) is 13.7. The van der Waals surface area contributed by atoms with Gasteiger partial charge in [0.05, 0.1) is 7.11 Å². The number of allylic oxidation sites excluding steroid dienone is 5. The first-order chi connectivity index (χ1) is 15.4. The van der Waals surface area contributed by atoms with Gasteiger partial charge in [0.2, 0.25) is 6.79 Å². The number of carbonyl (C=O) groups is 1. The summed E-state index contributed by atoms with van der Waals surface area (Å²) in [5.74, 6) is 2.19. The number of hydrogen-bond donors (Lipinski definition) is 1. The van der Waals surface area contributed by atoms with E-state index in [2.05, 4.69) is 32.1 Å². The molecule has 172 valence electrons. The van der Waals surface area contributed by atoms with Gasteiger partial charge in [-0.1, -0.05) is 44.2 Å². The number of para-hydroxylation sites is 1. The molecule has 3 unspecified atom stereocenters. The van der Waals surface area contributed by atoms with Gasteiger partial charge in [0, 0.05) is 24.6 Å². The Bertz CT molecular complexity index is 930. The van der Waals surface area contributed by atoms with E-state index in [0.29, 0.717) is 13.0 Å². The maximum absolute atomic E-state index is 11.7. The highest BCUT2D eigenvalue weighted by Gasteiger charge is 2.27. The van der Waals surface area contributed by atoms with Crippen molar-refractivity contribution >= 4 is 11.7 Å². The SMILES string of the molecule is C/C=C(\C=C/C(C)C(C)c1ccccc1N(CC(=O)O)CC1C=CC2=C(C1)OCO2)OC. The number of hydrogen-bond acceptors (Lipinski definition) is 5. The van der Waals surface area contributed by atoms with Gasteiger partial charge < -0.3 is 24.2 Å². The number of nitrogens with zero attached hydrogens (tertiary/aromatic N) is 1. The van der Waals surface area contributed by atoms with Crippen LogP contribution in [0.2, 0.25) is 0 Å². The number of rotatable bonds is 10. The minimum atomic E-state index is -0.849. The molecule has 0 fully saturated rings. The second-order valence-electron chi connectivity index (χ2n) is 8.25. The molecular formula is C26H33NO5. The van der Waals surface area contributed by atoms with E-state index in [-0.39, 0.29) is 31.1 Å².